The summed E-state index contributed by atoms with van der Waals surface area (Å²) in [6.07, 6.45) is 1.89. The fraction of sp³-hybridized carbons (Fsp3) is 0.300. The van der Waals surface area contributed by atoms with E-state index in [4.69, 9.17) is 4.74 Å². The van der Waals surface area contributed by atoms with Crippen LogP contribution in [-0.2, 0) is 4.74 Å². The van der Waals surface area contributed by atoms with Crippen molar-refractivity contribution < 1.29 is 4.74 Å². The maximum absolute atomic E-state index is 5.08. The Morgan fingerprint density at radius 2 is 2.29 bits per heavy atom. The van der Waals surface area contributed by atoms with Crippen molar-refractivity contribution in [2.75, 3.05) is 14.2 Å². The van der Waals surface area contributed by atoms with Crippen LogP contribution in [0.15, 0.2) is 41.5 Å². The van der Waals surface area contributed by atoms with E-state index in [1.807, 2.05) is 13.0 Å². The fourth-order valence-electron chi connectivity index (χ4n) is 1.25. The molecule has 1 heterocycles. The molecular weight excluding hydrogens is 178 g/mol. The van der Waals surface area contributed by atoms with Gasteiger partial charge in [0.25, 0.3) is 0 Å². The molecule has 0 saturated heterocycles. The van der Waals surface area contributed by atoms with E-state index >= 15 is 0 Å². The number of hydrazine groups is 1. The van der Waals surface area contributed by atoms with Gasteiger partial charge in [-0.1, -0.05) is 13.2 Å². The SMILES string of the molecule is C=C(OC)C1=CC(C)=NC(=C)N1NC. The fourth-order valence-corrected chi connectivity index (χ4v) is 1.25. The monoisotopic (exact) mass is 193 g/mol. The summed E-state index contributed by atoms with van der Waals surface area (Å²) in [7, 11) is 3.37. The minimum atomic E-state index is 0.578. The van der Waals surface area contributed by atoms with E-state index in [1.54, 1.807) is 19.2 Å². The van der Waals surface area contributed by atoms with Gasteiger partial charge in [0.05, 0.1) is 7.11 Å². The Morgan fingerprint density at radius 1 is 1.64 bits per heavy atom. The number of ether oxygens (including phenoxy) is 1. The standard InChI is InChI=1S/C10H15N3O/c1-7-6-10(8(2)14-5)13(11-4)9(3)12-7/h6,11H,2-3H2,1,4-5H3. The average molecular weight is 193 g/mol. The van der Waals surface area contributed by atoms with Gasteiger partial charge in [0.1, 0.15) is 17.3 Å². The number of nitrogens with one attached hydrogen (secondary N) is 1. The summed E-state index contributed by atoms with van der Waals surface area (Å²) < 4.78 is 5.08. The molecule has 0 unspecified atom stereocenters. The normalized spacial score (nSPS) is 16.2. The number of rotatable bonds is 3. The molecule has 0 atom stereocenters. The van der Waals surface area contributed by atoms with Crippen LogP contribution < -0.4 is 5.43 Å². The lowest BCUT2D eigenvalue weighted by Crippen LogP contribution is -2.35. The van der Waals surface area contributed by atoms with E-state index in [0.29, 0.717) is 11.6 Å². The summed E-state index contributed by atoms with van der Waals surface area (Å²) in [6.45, 7) is 9.52. The molecule has 14 heavy (non-hydrogen) atoms. The molecule has 0 aromatic rings. The van der Waals surface area contributed by atoms with Crippen molar-refractivity contribution in [2.45, 2.75) is 6.92 Å². The molecule has 1 aliphatic rings. The summed E-state index contributed by atoms with van der Waals surface area (Å²) in [5.41, 5.74) is 4.67. The minimum absolute atomic E-state index is 0.578. The molecule has 1 rings (SSSR count). The van der Waals surface area contributed by atoms with Crippen molar-refractivity contribution in [2.24, 2.45) is 4.99 Å². The zero-order valence-electron chi connectivity index (χ0n) is 8.79. The summed E-state index contributed by atoms with van der Waals surface area (Å²) in [6, 6.07) is 0. The molecule has 0 amide bonds. The Bertz CT molecular complexity index is 328. The molecule has 0 saturated carbocycles. The van der Waals surface area contributed by atoms with Gasteiger partial charge in [-0.25, -0.2) is 10.4 Å². The number of aliphatic imine (C=N–C) groups is 1. The summed E-state index contributed by atoms with van der Waals surface area (Å²) >= 11 is 0. The van der Waals surface area contributed by atoms with Crippen LogP contribution in [0, 0.1) is 0 Å². The quantitative estimate of drug-likeness (QED) is 0.688. The molecule has 4 heteroatoms. The van der Waals surface area contributed by atoms with Gasteiger partial charge in [0, 0.05) is 12.8 Å². The van der Waals surface area contributed by atoms with Crippen LogP contribution in [-0.4, -0.2) is 24.9 Å². The zero-order chi connectivity index (χ0) is 10.7. The molecule has 0 aromatic heterocycles. The van der Waals surface area contributed by atoms with Crippen molar-refractivity contribution in [3.63, 3.8) is 0 Å². The van der Waals surface area contributed by atoms with Gasteiger partial charge in [0.2, 0.25) is 0 Å². The molecular formula is C10H15N3O. The zero-order valence-corrected chi connectivity index (χ0v) is 8.79. The topological polar surface area (TPSA) is 36.9 Å². The van der Waals surface area contributed by atoms with Crippen LogP contribution in [0.5, 0.6) is 0 Å². The number of hydrogen-bond acceptors (Lipinski definition) is 4. The lowest BCUT2D eigenvalue weighted by Gasteiger charge is -2.29. The summed E-state index contributed by atoms with van der Waals surface area (Å²) in [5.74, 6) is 1.20. The Labute approximate surface area is 84.2 Å². The average Bonchev–Trinajstić information content (AvgIpc) is 2.15. The van der Waals surface area contributed by atoms with E-state index in [9.17, 15) is 0 Å². The predicted molar refractivity (Wildman–Crippen MR) is 57.4 cm³/mol. The van der Waals surface area contributed by atoms with Gasteiger partial charge >= 0.3 is 0 Å². The lowest BCUT2D eigenvalue weighted by molar-refractivity contribution is 0.252. The highest BCUT2D eigenvalue weighted by Crippen LogP contribution is 2.21. The first-order valence-electron chi connectivity index (χ1n) is 4.26. The number of nitrogens with zero attached hydrogens (tertiary/aromatic N) is 2. The maximum Gasteiger partial charge on any atom is 0.140 e. The van der Waals surface area contributed by atoms with Crippen LogP contribution in [0.1, 0.15) is 6.92 Å². The van der Waals surface area contributed by atoms with E-state index in [0.717, 1.165) is 11.4 Å². The smallest absolute Gasteiger partial charge is 0.140 e. The van der Waals surface area contributed by atoms with Gasteiger partial charge in [-0.3, -0.25) is 5.01 Å². The van der Waals surface area contributed by atoms with Crippen molar-refractivity contribution in [1.82, 2.24) is 10.4 Å². The van der Waals surface area contributed by atoms with Gasteiger partial charge < -0.3 is 4.74 Å². The second-order valence-electron chi connectivity index (χ2n) is 2.89. The predicted octanol–water partition coefficient (Wildman–Crippen LogP) is 1.41. The third kappa shape index (κ3) is 1.85. The molecule has 1 N–H and O–H groups in total. The highest BCUT2D eigenvalue weighted by atomic mass is 16.5. The molecule has 0 aliphatic carbocycles. The second kappa shape index (κ2) is 4.11. The third-order valence-electron chi connectivity index (χ3n) is 1.91. The molecule has 0 radical (unpaired) electrons. The third-order valence-corrected chi connectivity index (χ3v) is 1.91. The molecule has 1 aliphatic heterocycles. The molecule has 0 aromatic carbocycles. The van der Waals surface area contributed by atoms with Gasteiger partial charge in [-0.15, -0.1) is 0 Å². The Balaban J connectivity index is 3.04. The number of methoxy groups -OCH3 is 1. The van der Waals surface area contributed by atoms with E-state index in [1.165, 1.54) is 0 Å². The highest BCUT2D eigenvalue weighted by Gasteiger charge is 2.18. The van der Waals surface area contributed by atoms with Gasteiger partial charge in [-0.05, 0) is 13.0 Å². The summed E-state index contributed by atoms with van der Waals surface area (Å²) in [5, 5.41) is 1.72. The second-order valence-corrected chi connectivity index (χ2v) is 2.89. The van der Waals surface area contributed by atoms with Crippen LogP contribution in [0.3, 0.4) is 0 Å². The van der Waals surface area contributed by atoms with Crippen LogP contribution >= 0.6 is 0 Å². The highest BCUT2D eigenvalue weighted by molar-refractivity contribution is 5.95. The summed E-state index contributed by atoms with van der Waals surface area (Å²) in [4.78, 5) is 4.21. The van der Waals surface area contributed by atoms with Crippen LogP contribution in [0.25, 0.3) is 0 Å². The maximum atomic E-state index is 5.08. The Hall–Kier alpha value is -1.55. The first-order chi connectivity index (χ1) is 6.60. The van der Waals surface area contributed by atoms with E-state index in [2.05, 4.69) is 23.6 Å². The van der Waals surface area contributed by atoms with Crippen molar-refractivity contribution in [1.29, 1.82) is 0 Å². The van der Waals surface area contributed by atoms with Crippen molar-refractivity contribution >= 4 is 5.71 Å². The van der Waals surface area contributed by atoms with Gasteiger partial charge in [0.15, 0.2) is 0 Å². The first-order valence-corrected chi connectivity index (χ1v) is 4.26. The molecule has 76 valence electrons. The molecule has 0 bridgehead atoms. The lowest BCUT2D eigenvalue weighted by atomic mass is 10.2. The molecule has 0 spiro atoms. The first kappa shape index (κ1) is 10.5. The number of allylic oxidation sites excluding steroid dienone is 1. The van der Waals surface area contributed by atoms with E-state index in [-0.39, 0.29) is 0 Å². The largest absolute Gasteiger partial charge is 0.495 e. The molecule has 0 fully saturated rings. The van der Waals surface area contributed by atoms with Crippen molar-refractivity contribution in [3.8, 4) is 0 Å². The van der Waals surface area contributed by atoms with Crippen LogP contribution in [0.4, 0.5) is 0 Å². The van der Waals surface area contributed by atoms with Crippen LogP contribution in [0.2, 0.25) is 0 Å². The Morgan fingerprint density at radius 3 is 2.79 bits per heavy atom. The van der Waals surface area contributed by atoms with E-state index < -0.39 is 0 Å². The Kier molecular flexibility index (Phi) is 3.09. The van der Waals surface area contributed by atoms with Gasteiger partial charge in [-0.2, -0.15) is 0 Å². The molecule has 4 nitrogen and oxygen atoms in total. The number of hydrogen-bond donors (Lipinski definition) is 1. The minimum Gasteiger partial charge on any atom is -0.495 e. The van der Waals surface area contributed by atoms with Crippen molar-refractivity contribution in [3.05, 3.63) is 36.5 Å².